The summed E-state index contributed by atoms with van der Waals surface area (Å²) in [5.74, 6) is -0.455. The van der Waals surface area contributed by atoms with Crippen molar-refractivity contribution in [2.45, 2.75) is 61.3 Å². The summed E-state index contributed by atoms with van der Waals surface area (Å²) in [5, 5.41) is -0.877. The zero-order valence-corrected chi connectivity index (χ0v) is 25.6. The van der Waals surface area contributed by atoms with E-state index in [1.165, 1.54) is 58.2 Å². The van der Waals surface area contributed by atoms with Gasteiger partial charge < -0.3 is 13.9 Å². The van der Waals surface area contributed by atoms with Crippen LogP contribution in [0.5, 0.6) is 5.75 Å². The minimum atomic E-state index is -3.86. The number of benzene rings is 2. The van der Waals surface area contributed by atoms with Crippen molar-refractivity contribution in [3.8, 4) is 5.75 Å². The monoisotopic (exact) mass is 632 g/mol. The number of aryl methyl sites for hydroxylation is 2. The van der Waals surface area contributed by atoms with E-state index in [0.29, 0.717) is 30.0 Å². The predicted molar refractivity (Wildman–Crippen MR) is 159 cm³/mol. The summed E-state index contributed by atoms with van der Waals surface area (Å²) < 4.78 is 69.9. The summed E-state index contributed by atoms with van der Waals surface area (Å²) in [5.41, 5.74) is -0.220. The first-order valence-corrected chi connectivity index (χ1v) is 16.7. The van der Waals surface area contributed by atoms with Gasteiger partial charge in [-0.25, -0.2) is 31.2 Å². The highest BCUT2D eigenvalue weighted by molar-refractivity contribution is 7.90. The van der Waals surface area contributed by atoms with Gasteiger partial charge in [-0.15, -0.1) is 0 Å². The zero-order chi connectivity index (χ0) is 31.6. The van der Waals surface area contributed by atoms with E-state index in [0.717, 1.165) is 12.8 Å². The number of methoxy groups -OCH3 is 1. The minimum Gasteiger partial charge on any atom is -0.497 e. The van der Waals surface area contributed by atoms with Crippen LogP contribution in [0.2, 0.25) is 0 Å². The van der Waals surface area contributed by atoms with Crippen LogP contribution in [-0.4, -0.2) is 43.0 Å². The number of ether oxygens (including phenoxy) is 1. The van der Waals surface area contributed by atoms with Crippen LogP contribution in [0.4, 0.5) is 4.39 Å². The van der Waals surface area contributed by atoms with Crippen molar-refractivity contribution >= 4 is 19.7 Å². The van der Waals surface area contributed by atoms with Crippen LogP contribution in [-0.2, 0) is 44.3 Å². The molecule has 0 N–H and O–H groups in total. The van der Waals surface area contributed by atoms with Crippen molar-refractivity contribution in [2.24, 2.45) is 0 Å². The highest BCUT2D eigenvalue weighted by Crippen LogP contribution is 2.16. The maximum Gasteiger partial charge on any atom is 0.288 e. The second-order valence-corrected chi connectivity index (χ2v) is 13.2. The third-order valence-corrected chi connectivity index (χ3v) is 9.40. The van der Waals surface area contributed by atoms with Crippen LogP contribution in [0.1, 0.15) is 37.8 Å². The zero-order valence-electron chi connectivity index (χ0n) is 24.0. The summed E-state index contributed by atoms with van der Waals surface area (Å²) in [7, 11) is -6.11. The van der Waals surface area contributed by atoms with Crippen LogP contribution in [0, 0.1) is 5.82 Å². The molecule has 0 aliphatic carbocycles. The topological polar surface area (TPSA) is 147 Å². The molecule has 14 heteroatoms. The lowest BCUT2D eigenvalue weighted by Crippen LogP contribution is -2.27. The minimum absolute atomic E-state index is 0.267. The van der Waals surface area contributed by atoms with Gasteiger partial charge in [0.25, 0.3) is 11.1 Å². The van der Waals surface area contributed by atoms with Gasteiger partial charge in [0.05, 0.1) is 18.6 Å². The van der Waals surface area contributed by atoms with Gasteiger partial charge in [-0.05, 0) is 48.7 Å². The van der Waals surface area contributed by atoms with E-state index in [2.05, 4.69) is 9.97 Å². The van der Waals surface area contributed by atoms with Crippen LogP contribution < -0.4 is 15.9 Å². The molecule has 0 aliphatic heterocycles. The fourth-order valence-electron chi connectivity index (χ4n) is 3.91. The number of aromatic nitrogens is 4. The van der Waals surface area contributed by atoms with Gasteiger partial charge in [0.15, 0.2) is 0 Å². The largest absolute Gasteiger partial charge is 0.497 e. The maximum atomic E-state index is 12.8. The van der Waals surface area contributed by atoms with E-state index < -0.39 is 46.7 Å². The average Bonchev–Trinajstić information content (AvgIpc) is 2.98. The highest BCUT2D eigenvalue weighted by Gasteiger charge is 2.23. The summed E-state index contributed by atoms with van der Waals surface area (Å²) in [4.78, 5) is 31.7. The quantitative estimate of drug-likeness (QED) is 0.243. The normalized spacial score (nSPS) is 11.4. The second kappa shape index (κ2) is 14.8. The molecule has 0 unspecified atom stereocenters. The van der Waals surface area contributed by atoms with Crippen LogP contribution in [0.15, 0.2) is 93.0 Å². The molecule has 0 amide bonds. The third-order valence-electron chi connectivity index (χ3n) is 6.23. The highest BCUT2D eigenvalue weighted by atomic mass is 32.2. The first kappa shape index (κ1) is 33.3. The molecule has 2 aromatic heterocycles. The molecule has 0 saturated heterocycles. The summed E-state index contributed by atoms with van der Waals surface area (Å²) in [6, 6.07) is 11.8. The predicted octanol–water partition coefficient (Wildman–Crippen LogP) is 3.40. The Balaban J connectivity index is 0.000000238. The van der Waals surface area contributed by atoms with Crippen molar-refractivity contribution in [1.82, 2.24) is 19.1 Å². The summed E-state index contributed by atoms with van der Waals surface area (Å²) >= 11 is 0. The average molecular weight is 633 g/mol. The van der Waals surface area contributed by atoms with Crippen molar-refractivity contribution in [3.05, 3.63) is 111 Å². The Labute approximate surface area is 249 Å². The molecule has 0 atom stereocenters. The molecule has 0 fully saturated rings. The van der Waals surface area contributed by atoms with E-state index in [1.807, 2.05) is 6.92 Å². The molecule has 0 spiro atoms. The van der Waals surface area contributed by atoms with Crippen molar-refractivity contribution < 1.29 is 26.0 Å². The van der Waals surface area contributed by atoms with E-state index in [-0.39, 0.29) is 11.5 Å². The number of rotatable bonds is 11. The molecule has 11 nitrogen and oxygen atoms in total. The first-order chi connectivity index (χ1) is 20.4. The number of hydrogen-bond donors (Lipinski definition) is 0. The number of unbranched alkanes of at least 4 members (excludes halogenated alkanes) is 1. The molecule has 0 aliphatic rings. The Bertz CT molecular complexity index is 1850. The number of nitrogens with zero attached hydrogens (tertiary/aromatic N) is 4. The van der Waals surface area contributed by atoms with Crippen molar-refractivity contribution in [1.29, 1.82) is 0 Å². The lowest BCUT2D eigenvalue weighted by atomic mass is 10.2. The lowest BCUT2D eigenvalue weighted by molar-refractivity contribution is 0.414. The third kappa shape index (κ3) is 8.91. The Morgan fingerprint density at radius 2 is 1.21 bits per heavy atom. The molecule has 0 saturated carbocycles. The van der Waals surface area contributed by atoms with Crippen LogP contribution in [0.25, 0.3) is 0 Å². The number of hydrogen-bond acceptors (Lipinski definition) is 9. The van der Waals surface area contributed by atoms with Gasteiger partial charge in [0.1, 0.15) is 11.6 Å². The fraction of sp³-hybridized carbons (Fsp3) is 0.310. The van der Waals surface area contributed by atoms with Gasteiger partial charge in [0.2, 0.25) is 29.7 Å². The van der Waals surface area contributed by atoms with Crippen LogP contribution in [0.3, 0.4) is 0 Å². The molecule has 230 valence electrons. The lowest BCUT2D eigenvalue weighted by Gasteiger charge is -2.08. The Hall–Kier alpha value is -4.17. The van der Waals surface area contributed by atoms with Gasteiger partial charge >= 0.3 is 0 Å². The summed E-state index contributed by atoms with van der Waals surface area (Å²) in [6.45, 7) is 4.59. The Morgan fingerprint density at radius 1 is 0.744 bits per heavy atom. The number of halogens is 1. The molecular formula is C29H33FN4O7S2. The van der Waals surface area contributed by atoms with Gasteiger partial charge in [-0.1, -0.05) is 37.6 Å². The first-order valence-electron chi connectivity index (χ1n) is 13.4. The molecule has 4 rings (SSSR count). The molecule has 0 bridgehead atoms. The standard InChI is InChI=1S/C16H20N2O4S.C13H13FN2O3S/c1-3-4-10-18-11-9-17-15(16(18)19)23(20,21)12-13-5-7-14(22-2)8-6-13;1-2-16-8-7-15-12(13(16)17)20(18,19)9-10-3-5-11(14)6-4-10/h5-9,11H,3-4,10,12H2,1-2H3;3-8H,2,9H2,1H3. The molecule has 0 radical (unpaired) electrons. The molecular weight excluding hydrogens is 599 g/mol. The molecule has 2 heterocycles. The van der Waals surface area contributed by atoms with Gasteiger partial charge in [-0.2, -0.15) is 0 Å². The van der Waals surface area contributed by atoms with Gasteiger partial charge in [0, 0.05) is 37.9 Å². The van der Waals surface area contributed by atoms with Crippen molar-refractivity contribution in [2.75, 3.05) is 7.11 Å². The fourth-order valence-corrected chi connectivity index (χ4v) is 6.66. The van der Waals surface area contributed by atoms with Crippen LogP contribution >= 0.6 is 0 Å². The molecule has 4 aromatic rings. The van der Waals surface area contributed by atoms with E-state index in [9.17, 15) is 30.8 Å². The Morgan fingerprint density at radius 3 is 1.67 bits per heavy atom. The smallest absolute Gasteiger partial charge is 0.288 e. The van der Waals surface area contributed by atoms with E-state index in [1.54, 1.807) is 38.3 Å². The van der Waals surface area contributed by atoms with E-state index >= 15 is 0 Å². The SMILES string of the molecule is CCCCn1ccnc(S(=O)(=O)Cc2ccc(OC)cc2)c1=O.CCn1ccnc(S(=O)(=O)Cc2ccc(F)cc2)c1=O. The van der Waals surface area contributed by atoms with E-state index in [4.69, 9.17) is 4.74 Å². The van der Waals surface area contributed by atoms with Gasteiger partial charge in [-0.3, -0.25) is 9.59 Å². The maximum absolute atomic E-state index is 12.8. The second-order valence-electron chi connectivity index (χ2n) is 9.40. The number of sulfone groups is 2. The molecule has 2 aromatic carbocycles. The Kier molecular flexibility index (Phi) is 11.5. The molecule has 43 heavy (non-hydrogen) atoms. The summed E-state index contributed by atoms with van der Waals surface area (Å²) in [6.07, 6.45) is 7.31. The van der Waals surface area contributed by atoms with Crippen molar-refractivity contribution in [3.63, 3.8) is 0 Å².